The highest BCUT2D eigenvalue weighted by atomic mass is 32.2. The molecular weight excluding hydrogens is 254 g/mol. The lowest BCUT2D eigenvalue weighted by Gasteiger charge is -2.14. The quantitative estimate of drug-likeness (QED) is 0.807. The molecule has 17 heavy (non-hydrogen) atoms. The van der Waals surface area contributed by atoms with Gasteiger partial charge in [-0.1, -0.05) is 25.1 Å². The molecule has 0 spiro atoms. The molecule has 2 N–H and O–H groups in total. The van der Waals surface area contributed by atoms with Gasteiger partial charge in [0, 0.05) is 22.9 Å². The number of rotatable bonds is 6. The van der Waals surface area contributed by atoms with E-state index in [1.807, 2.05) is 31.2 Å². The Balaban J connectivity index is 2.70. The van der Waals surface area contributed by atoms with Crippen LogP contribution < -0.4 is 5.73 Å². The van der Waals surface area contributed by atoms with Gasteiger partial charge >= 0.3 is 0 Å². The van der Waals surface area contributed by atoms with E-state index in [-0.39, 0.29) is 11.8 Å². The van der Waals surface area contributed by atoms with Gasteiger partial charge < -0.3 is 5.73 Å². The lowest BCUT2D eigenvalue weighted by atomic mass is 10.1. The Morgan fingerprint density at radius 1 is 1.35 bits per heavy atom. The van der Waals surface area contributed by atoms with Crippen molar-refractivity contribution in [1.82, 2.24) is 0 Å². The molecule has 1 atom stereocenters. The topological polar surface area (TPSA) is 60.2 Å². The van der Waals surface area contributed by atoms with Gasteiger partial charge in [0.1, 0.15) is 9.84 Å². The lowest BCUT2D eigenvalue weighted by molar-refractivity contribution is 0.603. The molecule has 0 aliphatic heterocycles. The van der Waals surface area contributed by atoms with Crippen LogP contribution in [0.25, 0.3) is 0 Å². The highest BCUT2D eigenvalue weighted by Crippen LogP contribution is 2.27. The van der Waals surface area contributed by atoms with Crippen LogP contribution in [0.2, 0.25) is 0 Å². The van der Waals surface area contributed by atoms with Crippen LogP contribution >= 0.6 is 11.8 Å². The van der Waals surface area contributed by atoms with E-state index in [1.165, 1.54) is 6.26 Å². The molecule has 0 saturated heterocycles. The molecule has 1 rings (SSSR count). The molecule has 0 amide bonds. The highest BCUT2D eigenvalue weighted by molar-refractivity contribution is 8.00. The Bertz CT molecular complexity index is 457. The molecule has 0 bridgehead atoms. The number of thioether (sulfide) groups is 1. The molecule has 0 fully saturated rings. The average Bonchev–Trinajstić information content (AvgIpc) is 2.27. The summed E-state index contributed by atoms with van der Waals surface area (Å²) in [7, 11) is -2.89. The van der Waals surface area contributed by atoms with Crippen LogP contribution in [0.1, 0.15) is 24.9 Å². The zero-order valence-corrected chi connectivity index (χ0v) is 11.9. The Morgan fingerprint density at radius 3 is 2.59 bits per heavy atom. The third-order valence-corrected chi connectivity index (χ3v) is 4.77. The minimum atomic E-state index is -2.89. The molecule has 0 heterocycles. The maximum atomic E-state index is 11.1. The van der Waals surface area contributed by atoms with Crippen molar-refractivity contribution >= 4 is 21.6 Å². The summed E-state index contributed by atoms with van der Waals surface area (Å²) in [6, 6.07) is 7.95. The van der Waals surface area contributed by atoms with Gasteiger partial charge in [0.2, 0.25) is 0 Å². The first-order valence-corrected chi connectivity index (χ1v) is 8.63. The van der Waals surface area contributed by atoms with Gasteiger partial charge in [0.05, 0.1) is 5.75 Å². The maximum absolute atomic E-state index is 11.1. The van der Waals surface area contributed by atoms with Crippen LogP contribution in [0.4, 0.5) is 0 Å². The summed E-state index contributed by atoms with van der Waals surface area (Å²) in [6.07, 6.45) is 2.14. The molecular formula is C12H19NO2S2. The van der Waals surface area contributed by atoms with Crippen molar-refractivity contribution in [3.63, 3.8) is 0 Å². The molecule has 0 saturated carbocycles. The summed E-state index contributed by atoms with van der Waals surface area (Å²) in [5.74, 6) is 0.777. The fourth-order valence-corrected chi connectivity index (χ4v) is 3.77. The van der Waals surface area contributed by atoms with Crippen LogP contribution in [-0.4, -0.2) is 26.2 Å². The van der Waals surface area contributed by atoms with Gasteiger partial charge in [0.25, 0.3) is 0 Å². The molecule has 1 unspecified atom stereocenters. The first kappa shape index (κ1) is 14.5. The van der Waals surface area contributed by atoms with Crippen molar-refractivity contribution in [3.8, 4) is 0 Å². The largest absolute Gasteiger partial charge is 0.324 e. The average molecular weight is 273 g/mol. The van der Waals surface area contributed by atoms with Crippen molar-refractivity contribution in [2.75, 3.05) is 17.8 Å². The van der Waals surface area contributed by atoms with Gasteiger partial charge in [-0.25, -0.2) is 8.42 Å². The lowest BCUT2D eigenvalue weighted by Crippen LogP contribution is -2.10. The van der Waals surface area contributed by atoms with Gasteiger partial charge in [0.15, 0.2) is 0 Å². The van der Waals surface area contributed by atoms with Gasteiger partial charge in [-0.15, -0.1) is 11.8 Å². The summed E-state index contributed by atoms with van der Waals surface area (Å²) in [4.78, 5) is 1.09. The van der Waals surface area contributed by atoms with Crippen LogP contribution in [0.3, 0.4) is 0 Å². The van der Waals surface area contributed by atoms with E-state index in [0.717, 1.165) is 16.9 Å². The van der Waals surface area contributed by atoms with Crippen molar-refractivity contribution in [2.45, 2.75) is 24.3 Å². The minimum absolute atomic E-state index is 0.0249. The summed E-state index contributed by atoms with van der Waals surface area (Å²) in [6.45, 7) is 2.04. The second-order valence-electron chi connectivity index (χ2n) is 4.03. The zero-order chi connectivity index (χ0) is 12.9. The Labute approximate surface area is 108 Å². The van der Waals surface area contributed by atoms with E-state index in [9.17, 15) is 8.42 Å². The molecule has 1 aromatic rings. The molecule has 0 aliphatic rings. The standard InChI is InChI=1S/C12H19NO2S2/c1-3-11(13)10-6-4-5-7-12(10)16-8-9-17(2,14)15/h4-7,11H,3,8-9,13H2,1-2H3. The smallest absolute Gasteiger partial charge is 0.148 e. The number of hydrogen-bond acceptors (Lipinski definition) is 4. The first-order valence-electron chi connectivity index (χ1n) is 5.59. The van der Waals surface area contributed by atoms with Gasteiger partial charge in [-0.05, 0) is 18.1 Å². The molecule has 1 aromatic carbocycles. The predicted molar refractivity (Wildman–Crippen MR) is 74.1 cm³/mol. The minimum Gasteiger partial charge on any atom is -0.324 e. The van der Waals surface area contributed by atoms with Crippen molar-refractivity contribution < 1.29 is 8.42 Å². The molecule has 5 heteroatoms. The van der Waals surface area contributed by atoms with E-state index < -0.39 is 9.84 Å². The SMILES string of the molecule is CCC(N)c1ccccc1SCCS(C)(=O)=O. The third kappa shape index (κ3) is 5.10. The number of nitrogens with two attached hydrogens (primary N) is 1. The summed E-state index contributed by atoms with van der Waals surface area (Å²) >= 11 is 1.56. The van der Waals surface area contributed by atoms with Crippen molar-refractivity contribution in [2.24, 2.45) is 5.73 Å². The molecule has 0 aliphatic carbocycles. The van der Waals surface area contributed by atoms with Crippen molar-refractivity contribution in [1.29, 1.82) is 0 Å². The monoisotopic (exact) mass is 273 g/mol. The van der Waals surface area contributed by atoms with Crippen molar-refractivity contribution in [3.05, 3.63) is 29.8 Å². The molecule has 3 nitrogen and oxygen atoms in total. The Morgan fingerprint density at radius 2 is 2.00 bits per heavy atom. The van der Waals surface area contributed by atoms with E-state index >= 15 is 0 Å². The Kier molecular flexibility index (Phi) is 5.49. The summed E-state index contributed by atoms with van der Waals surface area (Å²) in [5.41, 5.74) is 7.13. The molecule has 96 valence electrons. The van der Waals surface area contributed by atoms with E-state index in [2.05, 4.69) is 0 Å². The van der Waals surface area contributed by atoms with Crippen LogP contribution in [0.15, 0.2) is 29.2 Å². The van der Waals surface area contributed by atoms with Crippen LogP contribution in [0.5, 0.6) is 0 Å². The van der Waals surface area contributed by atoms with Crippen LogP contribution in [-0.2, 0) is 9.84 Å². The Hall–Kier alpha value is -0.520. The third-order valence-electron chi connectivity index (χ3n) is 2.47. The molecule has 0 radical (unpaired) electrons. The zero-order valence-electron chi connectivity index (χ0n) is 10.2. The number of sulfone groups is 1. The summed E-state index contributed by atoms with van der Waals surface area (Å²) in [5, 5.41) is 0. The predicted octanol–water partition coefficient (Wildman–Crippen LogP) is 2.23. The second kappa shape index (κ2) is 6.42. The van der Waals surface area contributed by atoms with E-state index in [0.29, 0.717) is 5.75 Å². The fourth-order valence-electron chi connectivity index (χ4n) is 1.44. The fraction of sp³-hybridized carbons (Fsp3) is 0.500. The number of benzene rings is 1. The first-order chi connectivity index (χ1) is 7.94. The van der Waals surface area contributed by atoms with E-state index in [4.69, 9.17) is 5.73 Å². The van der Waals surface area contributed by atoms with Crippen LogP contribution in [0, 0.1) is 0 Å². The highest BCUT2D eigenvalue weighted by Gasteiger charge is 2.10. The van der Waals surface area contributed by atoms with Gasteiger partial charge in [-0.2, -0.15) is 0 Å². The molecule has 0 aromatic heterocycles. The van der Waals surface area contributed by atoms with E-state index in [1.54, 1.807) is 11.8 Å². The normalized spacial score (nSPS) is 13.6. The number of hydrogen-bond donors (Lipinski definition) is 1. The summed E-state index contributed by atoms with van der Waals surface area (Å²) < 4.78 is 22.1. The maximum Gasteiger partial charge on any atom is 0.148 e. The van der Waals surface area contributed by atoms with Gasteiger partial charge in [-0.3, -0.25) is 0 Å². The second-order valence-corrected chi connectivity index (χ2v) is 7.43.